The standard InChI is InChI=1S/C14H17N3OS/c1-3-15-9-11-8-13(18)17-14(16-11)10-4-6-12(19-2)7-5-10/h4-8,15H,3,9H2,1-2H3,(H,16,17,18). The molecule has 0 amide bonds. The Morgan fingerprint density at radius 1 is 1.32 bits per heavy atom. The third-order valence-corrected chi connectivity index (χ3v) is 3.46. The molecule has 100 valence electrons. The van der Waals surface area contributed by atoms with Gasteiger partial charge in [0.25, 0.3) is 5.56 Å². The van der Waals surface area contributed by atoms with Crippen molar-refractivity contribution in [3.63, 3.8) is 0 Å². The van der Waals surface area contributed by atoms with E-state index in [-0.39, 0.29) is 5.56 Å². The summed E-state index contributed by atoms with van der Waals surface area (Å²) in [4.78, 5) is 20.1. The molecule has 19 heavy (non-hydrogen) atoms. The van der Waals surface area contributed by atoms with E-state index in [1.165, 1.54) is 11.0 Å². The minimum Gasteiger partial charge on any atom is -0.311 e. The van der Waals surface area contributed by atoms with Gasteiger partial charge in [0.1, 0.15) is 5.82 Å². The van der Waals surface area contributed by atoms with Crippen molar-refractivity contribution in [2.24, 2.45) is 0 Å². The zero-order chi connectivity index (χ0) is 13.7. The van der Waals surface area contributed by atoms with E-state index in [1.54, 1.807) is 11.8 Å². The van der Waals surface area contributed by atoms with Gasteiger partial charge in [-0.2, -0.15) is 0 Å². The number of thioether (sulfide) groups is 1. The van der Waals surface area contributed by atoms with Crippen LogP contribution in [-0.4, -0.2) is 22.8 Å². The molecular formula is C14H17N3OS. The van der Waals surface area contributed by atoms with Gasteiger partial charge in [0.15, 0.2) is 0 Å². The van der Waals surface area contributed by atoms with E-state index in [2.05, 4.69) is 15.3 Å². The zero-order valence-corrected chi connectivity index (χ0v) is 11.9. The van der Waals surface area contributed by atoms with Gasteiger partial charge < -0.3 is 10.3 Å². The molecule has 0 aliphatic carbocycles. The summed E-state index contributed by atoms with van der Waals surface area (Å²) >= 11 is 1.69. The molecule has 0 saturated carbocycles. The van der Waals surface area contributed by atoms with Crippen LogP contribution in [0.2, 0.25) is 0 Å². The first-order valence-corrected chi connectivity index (χ1v) is 7.40. The summed E-state index contributed by atoms with van der Waals surface area (Å²) in [6, 6.07) is 9.53. The lowest BCUT2D eigenvalue weighted by Crippen LogP contribution is -2.17. The van der Waals surface area contributed by atoms with Crippen LogP contribution in [0.4, 0.5) is 0 Å². The highest BCUT2D eigenvalue weighted by atomic mass is 32.2. The molecule has 4 nitrogen and oxygen atoms in total. The summed E-state index contributed by atoms with van der Waals surface area (Å²) < 4.78 is 0. The lowest BCUT2D eigenvalue weighted by atomic mass is 10.2. The van der Waals surface area contributed by atoms with E-state index in [4.69, 9.17) is 0 Å². The monoisotopic (exact) mass is 275 g/mol. The molecule has 1 aromatic heterocycles. The molecule has 0 atom stereocenters. The van der Waals surface area contributed by atoms with Crippen LogP contribution in [0.1, 0.15) is 12.6 Å². The molecule has 0 spiro atoms. The van der Waals surface area contributed by atoms with Crippen LogP contribution in [0, 0.1) is 0 Å². The van der Waals surface area contributed by atoms with Gasteiger partial charge in [-0.25, -0.2) is 4.98 Å². The Morgan fingerprint density at radius 2 is 2.05 bits per heavy atom. The van der Waals surface area contributed by atoms with Gasteiger partial charge in [-0.3, -0.25) is 4.79 Å². The van der Waals surface area contributed by atoms with Crippen molar-refractivity contribution < 1.29 is 0 Å². The molecule has 2 rings (SSSR count). The second-order valence-electron chi connectivity index (χ2n) is 4.09. The van der Waals surface area contributed by atoms with Crippen LogP contribution in [0.15, 0.2) is 40.0 Å². The van der Waals surface area contributed by atoms with Gasteiger partial charge in [0, 0.05) is 23.1 Å². The molecule has 1 heterocycles. The number of H-pyrrole nitrogens is 1. The number of nitrogens with zero attached hydrogens (tertiary/aromatic N) is 1. The average molecular weight is 275 g/mol. The SMILES string of the molecule is CCNCc1cc(=O)[nH]c(-c2ccc(SC)cc2)n1. The van der Waals surface area contributed by atoms with Gasteiger partial charge in [0.2, 0.25) is 0 Å². The predicted octanol–water partition coefficient (Wildman–Crippen LogP) is 2.27. The summed E-state index contributed by atoms with van der Waals surface area (Å²) in [6.07, 6.45) is 2.03. The van der Waals surface area contributed by atoms with Crippen molar-refractivity contribution in [3.8, 4) is 11.4 Å². The molecule has 2 N–H and O–H groups in total. The summed E-state index contributed by atoms with van der Waals surface area (Å²) in [5, 5.41) is 3.17. The predicted molar refractivity (Wildman–Crippen MR) is 79.5 cm³/mol. The molecule has 2 aromatic rings. The molecule has 0 saturated heterocycles. The Labute approximate surface area is 116 Å². The molecule has 1 aromatic carbocycles. The summed E-state index contributed by atoms with van der Waals surface area (Å²) in [6.45, 7) is 3.48. The van der Waals surface area contributed by atoms with Crippen LogP contribution < -0.4 is 10.9 Å². The lowest BCUT2D eigenvalue weighted by Gasteiger charge is -2.05. The van der Waals surface area contributed by atoms with Crippen molar-refractivity contribution in [1.82, 2.24) is 15.3 Å². The molecule has 0 aliphatic heterocycles. The second kappa shape index (κ2) is 6.54. The molecule has 0 aliphatic rings. The van der Waals surface area contributed by atoms with Crippen molar-refractivity contribution in [2.75, 3.05) is 12.8 Å². The molecular weight excluding hydrogens is 258 g/mol. The molecule has 5 heteroatoms. The molecule has 0 unspecified atom stereocenters. The highest BCUT2D eigenvalue weighted by Gasteiger charge is 2.04. The Bertz CT molecular complexity index is 592. The highest BCUT2D eigenvalue weighted by Crippen LogP contribution is 2.19. The second-order valence-corrected chi connectivity index (χ2v) is 4.97. The van der Waals surface area contributed by atoms with Crippen LogP contribution >= 0.6 is 11.8 Å². The maximum Gasteiger partial charge on any atom is 0.251 e. The lowest BCUT2D eigenvalue weighted by molar-refractivity contribution is 0.708. The van der Waals surface area contributed by atoms with E-state index in [9.17, 15) is 4.79 Å². The fourth-order valence-electron chi connectivity index (χ4n) is 1.74. The number of nitrogens with one attached hydrogen (secondary N) is 2. The fraction of sp³-hybridized carbons (Fsp3) is 0.286. The van der Waals surface area contributed by atoms with Crippen molar-refractivity contribution in [1.29, 1.82) is 0 Å². The van der Waals surface area contributed by atoms with Gasteiger partial charge in [-0.15, -0.1) is 11.8 Å². The number of benzene rings is 1. The van der Waals surface area contributed by atoms with Crippen LogP contribution in [0.25, 0.3) is 11.4 Å². The van der Waals surface area contributed by atoms with E-state index < -0.39 is 0 Å². The zero-order valence-electron chi connectivity index (χ0n) is 11.1. The van der Waals surface area contributed by atoms with Gasteiger partial charge in [0.05, 0.1) is 5.69 Å². The number of aromatic nitrogens is 2. The van der Waals surface area contributed by atoms with Crippen molar-refractivity contribution in [2.45, 2.75) is 18.4 Å². The van der Waals surface area contributed by atoms with E-state index >= 15 is 0 Å². The largest absolute Gasteiger partial charge is 0.311 e. The van der Waals surface area contributed by atoms with Crippen LogP contribution in [-0.2, 0) is 6.54 Å². The normalized spacial score (nSPS) is 10.6. The third kappa shape index (κ3) is 3.68. The van der Waals surface area contributed by atoms with Crippen molar-refractivity contribution in [3.05, 3.63) is 46.4 Å². The van der Waals surface area contributed by atoms with E-state index in [0.717, 1.165) is 17.8 Å². The van der Waals surface area contributed by atoms with Crippen LogP contribution in [0.5, 0.6) is 0 Å². The van der Waals surface area contributed by atoms with E-state index in [0.29, 0.717) is 12.4 Å². The summed E-state index contributed by atoms with van der Waals surface area (Å²) in [5.74, 6) is 0.619. The number of aromatic amines is 1. The number of hydrogen-bond donors (Lipinski definition) is 2. The van der Waals surface area contributed by atoms with Crippen molar-refractivity contribution >= 4 is 11.8 Å². The molecule has 0 bridgehead atoms. The Hall–Kier alpha value is -1.59. The third-order valence-electron chi connectivity index (χ3n) is 2.71. The highest BCUT2D eigenvalue weighted by molar-refractivity contribution is 7.98. The molecule has 0 fully saturated rings. The first kappa shape index (κ1) is 13.8. The van der Waals surface area contributed by atoms with Gasteiger partial charge >= 0.3 is 0 Å². The van der Waals surface area contributed by atoms with Crippen LogP contribution in [0.3, 0.4) is 0 Å². The first-order valence-electron chi connectivity index (χ1n) is 6.18. The quantitative estimate of drug-likeness (QED) is 0.822. The summed E-state index contributed by atoms with van der Waals surface area (Å²) in [7, 11) is 0. The first-order chi connectivity index (χ1) is 9.22. The average Bonchev–Trinajstić information content (AvgIpc) is 2.44. The maximum atomic E-state index is 11.6. The Balaban J connectivity index is 2.32. The van der Waals surface area contributed by atoms with E-state index in [1.807, 2.05) is 37.4 Å². The minimum absolute atomic E-state index is 0.119. The maximum absolute atomic E-state index is 11.6. The molecule has 0 radical (unpaired) electrons. The fourth-order valence-corrected chi connectivity index (χ4v) is 2.15. The Morgan fingerprint density at radius 3 is 2.68 bits per heavy atom. The smallest absolute Gasteiger partial charge is 0.251 e. The minimum atomic E-state index is -0.119. The topological polar surface area (TPSA) is 57.8 Å². The Kier molecular flexibility index (Phi) is 4.76. The number of hydrogen-bond acceptors (Lipinski definition) is 4. The summed E-state index contributed by atoms with van der Waals surface area (Å²) in [5.41, 5.74) is 1.56. The van der Waals surface area contributed by atoms with Gasteiger partial charge in [-0.1, -0.05) is 19.1 Å². The van der Waals surface area contributed by atoms with Gasteiger partial charge in [-0.05, 0) is 24.9 Å². The number of rotatable bonds is 5.